The Kier molecular flexibility index (Phi) is 4.98. The van der Waals surface area contributed by atoms with E-state index in [1.165, 1.54) is 0 Å². The average molecular weight is 320 g/mol. The fraction of sp³-hybridized carbons (Fsp3) is 0.417. The summed E-state index contributed by atoms with van der Waals surface area (Å²) in [6, 6.07) is 5.19. The monoisotopic (exact) mass is 318 g/mol. The van der Waals surface area contributed by atoms with E-state index in [1.54, 1.807) is 25.1 Å². The summed E-state index contributed by atoms with van der Waals surface area (Å²) in [5, 5.41) is 3.40. The van der Waals surface area contributed by atoms with Crippen molar-refractivity contribution in [2.24, 2.45) is 5.73 Å². The van der Waals surface area contributed by atoms with Crippen LogP contribution in [0.4, 0.5) is 5.69 Å². The third-order valence-corrected chi connectivity index (χ3v) is 3.36. The van der Waals surface area contributed by atoms with Crippen molar-refractivity contribution in [3.8, 4) is 0 Å². The minimum atomic E-state index is -0.853. The minimum Gasteiger partial charge on any atom is -0.323 e. The molecule has 0 aliphatic carbocycles. The summed E-state index contributed by atoms with van der Waals surface area (Å²) in [6.45, 7) is 3.73. The SMILES string of the molecule is CCCC(C)(N)C(=O)Nc1ccc(Cl)cc1Br. The summed E-state index contributed by atoms with van der Waals surface area (Å²) < 4.78 is 0.741. The van der Waals surface area contributed by atoms with Gasteiger partial charge in [0, 0.05) is 9.50 Å². The molecule has 94 valence electrons. The Morgan fingerprint density at radius 3 is 2.76 bits per heavy atom. The second-order valence-electron chi connectivity index (χ2n) is 4.25. The second kappa shape index (κ2) is 5.85. The van der Waals surface area contributed by atoms with Crippen LogP contribution in [0.3, 0.4) is 0 Å². The van der Waals surface area contributed by atoms with Gasteiger partial charge in [0.25, 0.3) is 0 Å². The summed E-state index contributed by atoms with van der Waals surface area (Å²) in [5.74, 6) is -0.192. The number of amides is 1. The largest absolute Gasteiger partial charge is 0.323 e. The zero-order chi connectivity index (χ0) is 13.1. The number of hydrogen-bond acceptors (Lipinski definition) is 2. The quantitative estimate of drug-likeness (QED) is 0.891. The van der Waals surface area contributed by atoms with Gasteiger partial charge in [-0.2, -0.15) is 0 Å². The van der Waals surface area contributed by atoms with Gasteiger partial charge in [-0.1, -0.05) is 24.9 Å². The fourth-order valence-corrected chi connectivity index (χ4v) is 2.27. The fourth-order valence-electron chi connectivity index (χ4n) is 1.49. The first-order valence-corrected chi connectivity index (χ1v) is 6.59. The molecule has 0 heterocycles. The van der Waals surface area contributed by atoms with Crippen molar-refractivity contribution in [2.45, 2.75) is 32.2 Å². The molecule has 0 radical (unpaired) electrons. The number of benzene rings is 1. The molecule has 0 saturated heterocycles. The van der Waals surface area contributed by atoms with E-state index < -0.39 is 5.54 Å². The summed E-state index contributed by atoms with van der Waals surface area (Å²) in [7, 11) is 0. The molecule has 0 spiro atoms. The lowest BCUT2D eigenvalue weighted by atomic mass is 9.96. The molecule has 1 unspecified atom stereocenters. The van der Waals surface area contributed by atoms with Gasteiger partial charge in [0.05, 0.1) is 11.2 Å². The lowest BCUT2D eigenvalue weighted by Crippen LogP contribution is -2.48. The highest BCUT2D eigenvalue weighted by atomic mass is 79.9. The Labute approximate surface area is 115 Å². The summed E-state index contributed by atoms with van der Waals surface area (Å²) in [5.41, 5.74) is 5.77. The Hall–Kier alpha value is -0.580. The van der Waals surface area contributed by atoms with Crippen LogP contribution < -0.4 is 11.1 Å². The Morgan fingerprint density at radius 2 is 2.24 bits per heavy atom. The van der Waals surface area contributed by atoms with Gasteiger partial charge >= 0.3 is 0 Å². The van der Waals surface area contributed by atoms with E-state index in [9.17, 15) is 4.79 Å². The standard InChI is InChI=1S/C12H16BrClN2O/c1-3-6-12(2,15)11(17)16-10-5-4-8(14)7-9(10)13/h4-5,7H,3,6,15H2,1-2H3,(H,16,17). The molecule has 0 aromatic heterocycles. The highest BCUT2D eigenvalue weighted by molar-refractivity contribution is 9.10. The molecule has 0 aliphatic rings. The maximum Gasteiger partial charge on any atom is 0.244 e. The molecule has 1 atom stereocenters. The van der Waals surface area contributed by atoms with Gasteiger partial charge in [0.1, 0.15) is 0 Å². The lowest BCUT2D eigenvalue weighted by Gasteiger charge is -2.23. The Balaban J connectivity index is 2.81. The highest BCUT2D eigenvalue weighted by Gasteiger charge is 2.27. The second-order valence-corrected chi connectivity index (χ2v) is 5.54. The smallest absolute Gasteiger partial charge is 0.244 e. The van der Waals surface area contributed by atoms with Crippen LogP contribution in [-0.2, 0) is 4.79 Å². The third kappa shape index (κ3) is 3.98. The number of carbonyl (C=O) groups is 1. The predicted molar refractivity (Wildman–Crippen MR) is 75.3 cm³/mol. The third-order valence-electron chi connectivity index (χ3n) is 2.47. The molecule has 17 heavy (non-hydrogen) atoms. The maximum atomic E-state index is 12.0. The van der Waals surface area contributed by atoms with Gasteiger partial charge in [-0.25, -0.2) is 0 Å². The van der Waals surface area contributed by atoms with Crippen LogP contribution in [0.15, 0.2) is 22.7 Å². The van der Waals surface area contributed by atoms with E-state index in [-0.39, 0.29) is 5.91 Å². The first-order valence-electron chi connectivity index (χ1n) is 5.42. The number of rotatable bonds is 4. The van der Waals surface area contributed by atoms with Gasteiger partial charge in [-0.3, -0.25) is 4.79 Å². The average Bonchev–Trinajstić information content (AvgIpc) is 2.22. The molecule has 3 nitrogen and oxygen atoms in total. The van der Waals surface area contributed by atoms with Crippen molar-refractivity contribution in [1.29, 1.82) is 0 Å². The van der Waals surface area contributed by atoms with Crippen molar-refractivity contribution in [3.63, 3.8) is 0 Å². The molecular weight excluding hydrogens is 304 g/mol. The number of nitrogens with one attached hydrogen (secondary N) is 1. The van der Waals surface area contributed by atoms with E-state index >= 15 is 0 Å². The number of nitrogens with two attached hydrogens (primary N) is 1. The van der Waals surface area contributed by atoms with Crippen molar-refractivity contribution in [3.05, 3.63) is 27.7 Å². The minimum absolute atomic E-state index is 0.192. The molecule has 0 aliphatic heterocycles. The van der Waals surface area contributed by atoms with Crippen molar-refractivity contribution in [1.82, 2.24) is 0 Å². The molecule has 1 rings (SSSR count). The van der Waals surface area contributed by atoms with Crippen LogP contribution in [0, 0.1) is 0 Å². The summed E-state index contributed by atoms with van der Waals surface area (Å²) in [4.78, 5) is 12.0. The molecule has 1 aromatic carbocycles. The van der Waals surface area contributed by atoms with Gasteiger partial charge in [-0.05, 0) is 47.5 Å². The zero-order valence-corrected chi connectivity index (χ0v) is 12.2. The van der Waals surface area contributed by atoms with Gasteiger partial charge in [-0.15, -0.1) is 0 Å². The summed E-state index contributed by atoms with van der Waals surface area (Å²) in [6.07, 6.45) is 1.51. The van der Waals surface area contributed by atoms with Crippen LogP contribution >= 0.6 is 27.5 Å². The number of anilines is 1. The molecule has 0 bridgehead atoms. The van der Waals surface area contributed by atoms with Crippen LogP contribution in [0.25, 0.3) is 0 Å². The van der Waals surface area contributed by atoms with Crippen molar-refractivity contribution < 1.29 is 4.79 Å². The lowest BCUT2D eigenvalue weighted by molar-refractivity contribution is -0.120. The number of hydrogen-bond donors (Lipinski definition) is 2. The molecule has 0 saturated carbocycles. The van der Waals surface area contributed by atoms with E-state index in [4.69, 9.17) is 17.3 Å². The van der Waals surface area contributed by atoms with Crippen LogP contribution in [0.2, 0.25) is 5.02 Å². The first kappa shape index (κ1) is 14.5. The predicted octanol–water partition coefficient (Wildman–Crippen LogP) is 3.56. The first-order chi connectivity index (χ1) is 7.86. The highest BCUT2D eigenvalue weighted by Crippen LogP contribution is 2.26. The Bertz CT molecular complexity index is 421. The maximum absolute atomic E-state index is 12.0. The van der Waals surface area contributed by atoms with Gasteiger partial charge in [0.15, 0.2) is 0 Å². The van der Waals surface area contributed by atoms with Crippen LogP contribution in [0.5, 0.6) is 0 Å². The van der Waals surface area contributed by atoms with Crippen LogP contribution in [0.1, 0.15) is 26.7 Å². The molecular formula is C12H16BrClN2O. The molecule has 3 N–H and O–H groups in total. The van der Waals surface area contributed by atoms with E-state index in [0.717, 1.165) is 10.9 Å². The molecule has 1 aromatic rings. The van der Waals surface area contributed by atoms with Crippen LogP contribution in [-0.4, -0.2) is 11.4 Å². The van der Waals surface area contributed by atoms with Crippen molar-refractivity contribution >= 4 is 39.1 Å². The van der Waals surface area contributed by atoms with Gasteiger partial charge < -0.3 is 11.1 Å². The van der Waals surface area contributed by atoms with Crippen molar-refractivity contribution in [2.75, 3.05) is 5.32 Å². The van der Waals surface area contributed by atoms with E-state index in [0.29, 0.717) is 17.1 Å². The number of carbonyl (C=O) groups excluding carboxylic acids is 1. The number of halogens is 2. The van der Waals surface area contributed by atoms with E-state index in [2.05, 4.69) is 21.2 Å². The normalized spacial score (nSPS) is 14.2. The van der Waals surface area contributed by atoms with Gasteiger partial charge in [0.2, 0.25) is 5.91 Å². The zero-order valence-electron chi connectivity index (χ0n) is 9.89. The molecule has 1 amide bonds. The molecule has 0 fully saturated rings. The van der Waals surface area contributed by atoms with E-state index in [1.807, 2.05) is 6.92 Å². The summed E-state index contributed by atoms with van der Waals surface area (Å²) >= 11 is 9.17. The molecule has 5 heteroatoms. The topological polar surface area (TPSA) is 55.1 Å². The Morgan fingerprint density at radius 1 is 1.59 bits per heavy atom.